The molecule has 2 N–H and O–H groups in total. The van der Waals surface area contributed by atoms with E-state index in [4.69, 9.17) is 11.6 Å². The minimum atomic E-state index is 0.372. The number of aromatic amines is 1. The van der Waals surface area contributed by atoms with Gasteiger partial charge in [0.2, 0.25) is 0 Å². The van der Waals surface area contributed by atoms with Gasteiger partial charge in [0.25, 0.3) is 0 Å². The smallest absolute Gasteiger partial charge is 0.0472 e. The zero-order chi connectivity index (χ0) is 13.2. The zero-order valence-corrected chi connectivity index (χ0v) is 12.2. The van der Waals surface area contributed by atoms with Crippen molar-refractivity contribution in [3.63, 3.8) is 0 Å². The summed E-state index contributed by atoms with van der Waals surface area (Å²) in [5.41, 5.74) is 2.36. The van der Waals surface area contributed by atoms with Crippen LogP contribution in [0.4, 0.5) is 0 Å². The predicted octanol–water partition coefficient (Wildman–Crippen LogP) is 4.73. The SMILES string of the molecule is CC(NCc1c[nH]c2cc(Cl)ccc12)c1cccs1. The maximum absolute atomic E-state index is 5.99. The number of thiophene rings is 1. The van der Waals surface area contributed by atoms with Crippen LogP contribution in [0.3, 0.4) is 0 Å². The fraction of sp³-hybridized carbons (Fsp3) is 0.200. The summed E-state index contributed by atoms with van der Waals surface area (Å²) in [6, 6.07) is 10.6. The number of nitrogens with one attached hydrogen (secondary N) is 2. The van der Waals surface area contributed by atoms with Crippen molar-refractivity contribution in [1.29, 1.82) is 0 Å². The van der Waals surface area contributed by atoms with Crippen molar-refractivity contribution in [2.75, 3.05) is 0 Å². The Balaban J connectivity index is 1.75. The fourth-order valence-corrected chi connectivity index (χ4v) is 3.14. The highest BCUT2D eigenvalue weighted by molar-refractivity contribution is 7.10. The van der Waals surface area contributed by atoms with E-state index in [0.29, 0.717) is 6.04 Å². The Morgan fingerprint density at radius 2 is 2.26 bits per heavy atom. The number of hydrogen-bond acceptors (Lipinski definition) is 2. The van der Waals surface area contributed by atoms with E-state index in [2.05, 4.69) is 47.0 Å². The summed E-state index contributed by atoms with van der Waals surface area (Å²) in [5.74, 6) is 0. The Kier molecular flexibility index (Phi) is 3.60. The first-order chi connectivity index (χ1) is 9.24. The summed E-state index contributed by atoms with van der Waals surface area (Å²) in [5, 5.41) is 7.66. The van der Waals surface area contributed by atoms with Crippen LogP contribution in [-0.2, 0) is 6.54 Å². The van der Waals surface area contributed by atoms with Gasteiger partial charge in [-0.15, -0.1) is 11.3 Å². The highest BCUT2D eigenvalue weighted by atomic mass is 35.5. The van der Waals surface area contributed by atoms with Crippen LogP contribution in [-0.4, -0.2) is 4.98 Å². The molecule has 2 aromatic heterocycles. The molecule has 0 fully saturated rings. The van der Waals surface area contributed by atoms with E-state index in [1.54, 1.807) is 11.3 Å². The first kappa shape index (κ1) is 12.7. The molecule has 19 heavy (non-hydrogen) atoms. The van der Waals surface area contributed by atoms with Crippen molar-refractivity contribution in [2.24, 2.45) is 0 Å². The Labute approximate surface area is 121 Å². The van der Waals surface area contributed by atoms with Crippen molar-refractivity contribution >= 4 is 33.8 Å². The van der Waals surface area contributed by atoms with Gasteiger partial charge in [-0.25, -0.2) is 0 Å². The Bertz CT molecular complexity index is 673. The monoisotopic (exact) mass is 290 g/mol. The van der Waals surface area contributed by atoms with Gasteiger partial charge in [0, 0.05) is 39.6 Å². The molecule has 0 aliphatic carbocycles. The number of hydrogen-bond donors (Lipinski definition) is 2. The van der Waals surface area contributed by atoms with Gasteiger partial charge in [-0.3, -0.25) is 0 Å². The molecular formula is C15H15ClN2S. The van der Waals surface area contributed by atoms with Crippen molar-refractivity contribution in [2.45, 2.75) is 19.5 Å². The first-order valence-electron chi connectivity index (χ1n) is 6.26. The van der Waals surface area contributed by atoms with Gasteiger partial charge >= 0.3 is 0 Å². The van der Waals surface area contributed by atoms with Gasteiger partial charge in [-0.2, -0.15) is 0 Å². The van der Waals surface area contributed by atoms with Gasteiger partial charge in [0.1, 0.15) is 0 Å². The molecule has 0 spiro atoms. The lowest BCUT2D eigenvalue weighted by Crippen LogP contribution is -2.16. The lowest BCUT2D eigenvalue weighted by molar-refractivity contribution is 0.585. The zero-order valence-electron chi connectivity index (χ0n) is 10.6. The van der Waals surface area contributed by atoms with Crippen LogP contribution in [0.15, 0.2) is 41.9 Å². The summed E-state index contributed by atoms with van der Waals surface area (Å²) in [6.45, 7) is 3.04. The summed E-state index contributed by atoms with van der Waals surface area (Å²) in [7, 11) is 0. The molecule has 1 aromatic carbocycles. The first-order valence-corrected chi connectivity index (χ1v) is 7.52. The molecule has 3 aromatic rings. The summed E-state index contributed by atoms with van der Waals surface area (Å²) in [6.07, 6.45) is 2.05. The van der Waals surface area contributed by atoms with Gasteiger partial charge in [0.05, 0.1) is 0 Å². The Morgan fingerprint density at radius 1 is 1.37 bits per heavy atom. The Morgan fingerprint density at radius 3 is 3.05 bits per heavy atom. The number of halogens is 1. The van der Waals surface area contributed by atoms with Crippen LogP contribution in [0.1, 0.15) is 23.4 Å². The molecule has 2 nitrogen and oxygen atoms in total. The molecule has 0 radical (unpaired) electrons. The minimum Gasteiger partial charge on any atom is -0.361 e. The molecule has 1 atom stereocenters. The molecule has 0 amide bonds. The molecular weight excluding hydrogens is 276 g/mol. The maximum Gasteiger partial charge on any atom is 0.0472 e. The van der Waals surface area contributed by atoms with Crippen molar-refractivity contribution in [3.8, 4) is 0 Å². The van der Waals surface area contributed by atoms with Gasteiger partial charge in [-0.1, -0.05) is 23.7 Å². The quantitative estimate of drug-likeness (QED) is 0.714. The number of benzene rings is 1. The molecule has 0 saturated heterocycles. The molecule has 0 saturated carbocycles. The number of H-pyrrole nitrogens is 1. The largest absolute Gasteiger partial charge is 0.361 e. The topological polar surface area (TPSA) is 27.8 Å². The van der Waals surface area contributed by atoms with Crippen LogP contribution >= 0.6 is 22.9 Å². The van der Waals surface area contributed by atoms with E-state index < -0.39 is 0 Å². The molecule has 0 aliphatic heterocycles. The number of aromatic nitrogens is 1. The summed E-state index contributed by atoms with van der Waals surface area (Å²) >= 11 is 7.77. The van der Waals surface area contributed by atoms with Crippen LogP contribution in [0.5, 0.6) is 0 Å². The second-order valence-electron chi connectivity index (χ2n) is 4.62. The van der Waals surface area contributed by atoms with Gasteiger partial charge < -0.3 is 10.3 Å². The summed E-state index contributed by atoms with van der Waals surface area (Å²) in [4.78, 5) is 4.63. The molecule has 0 bridgehead atoms. The van der Waals surface area contributed by atoms with Crippen LogP contribution in [0, 0.1) is 0 Å². The average Bonchev–Trinajstić information content (AvgIpc) is 3.05. The van der Waals surface area contributed by atoms with E-state index in [-0.39, 0.29) is 0 Å². The summed E-state index contributed by atoms with van der Waals surface area (Å²) < 4.78 is 0. The number of rotatable bonds is 4. The highest BCUT2D eigenvalue weighted by Crippen LogP contribution is 2.23. The standard InChI is InChI=1S/C15H15ClN2S/c1-10(15-3-2-6-19-15)17-8-11-9-18-14-7-12(16)4-5-13(11)14/h2-7,9-10,17-18H,8H2,1H3. The number of fused-ring (bicyclic) bond motifs is 1. The minimum absolute atomic E-state index is 0.372. The maximum atomic E-state index is 5.99. The Hall–Kier alpha value is -1.29. The molecule has 98 valence electrons. The molecule has 0 aliphatic rings. The second kappa shape index (κ2) is 5.37. The van der Waals surface area contributed by atoms with Crippen LogP contribution in [0.25, 0.3) is 10.9 Å². The second-order valence-corrected chi connectivity index (χ2v) is 6.04. The lowest BCUT2D eigenvalue weighted by atomic mass is 10.1. The normalized spacial score (nSPS) is 12.9. The van der Waals surface area contributed by atoms with Crippen molar-refractivity contribution in [3.05, 3.63) is 57.4 Å². The molecule has 4 heteroatoms. The van der Waals surface area contributed by atoms with Gasteiger partial charge in [0.15, 0.2) is 0 Å². The van der Waals surface area contributed by atoms with Crippen LogP contribution in [0.2, 0.25) is 5.02 Å². The van der Waals surface area contributed by atoms with Crippen molar-refractivity contribution < 1.29 is 0 Å². The fourth-order valence-electron chi connectivity index (χ4n) is 2.21. The average molecular weight is 291 g/mol. The van der Waals surface area contributed by atoms with E-state index >= 15 is 0 Å². The van der Waals surface area contributed by atoms with E-state index in [9.17, 15) is 0 Å². The van der Waals surface area contributed by atoms with Crippen molar-refractivity contribution in [1.82, 2.24) is 10.3 Å². The third-order valence-corrected chi connectivity index (χ3v) is 4.59. The molecule has 1 unspecified atom stereocenters. The van der Waals surface area contributed by atoms with Crippen LogP contribution < -0.4 is 5.32 Å². The van der Waals surface area contributed by atoms with Gasteiger partial charge in [-0.05, 0) is 36.1 Å². The van der Waals surface area contributed by atoms with E-state index in [1.165, 1.54) is 15.8 Å². The predicted molar refractivity (Wildman–Crippen MR) is 82.9 cm³/mol. The lowest BCUT2D eigenvalue weighted by Gasteiger charge is -2.11. The van der Waals surface area contributed by atoms with E-state index in [0.717, 1.165) is 17.1 Å². The molecule has 3 rings (SSSR count). The molecule has 2 heterocycles. The third kappa shape index (κ3) is 2.68. The van der Waals surface area contributed by atoms with E-state index in [1.807, 2.05) is 12.1 Å². The third-order valence-electron chi connectivity index (χ3n) is 3.30. The highest BCUT2D eigenvalue weighted by Gasteiger charge is 2.08.